The van der Waals surface area contributed by atoms with Crippen molar-refractivity contribution in [2.24, 2.45) is 5.73 Å². The smallest absolute Gasteiger partial charge is 0.123 e. The molecule has 3 N–H and O–H groups in total. The van der Waals surface area contributed by atoms with Gasteiger partial charge in [-0.2, -0.15) is 0 Å². The summed E-state index contributed by atoms with van der Waals surface area (Å²) in [7, 11) is 0. The number of ether oxygens (including phenoxy) is 2. The van der Waals surface area contributed by atoms with E-state index in [9.17, 15) is 5.11 Å². The lowest BCUT2D eigenvalue weighted by atomic mass is 10.2. The minimum Gasteiger partial charge on any atom is -0.490 e. The van der Waals surface area contributed by atoms with Crippen LogP contribution in [0.2, 0.25) is 0 Å². The summed E-state index contributed by atoms with van der Waals surface area (Å²) < 4.78 is 11.6. The van der Waals surface area contributed by atoms with Crippen molar-refractivity contribution in [2.45, 2.75) is 19.6 Å². The van der Waals surface area contributed by atoms with Crippen molar-refractivity contribution >= 4 is 15.9 Å². The highest BCUT2D eigenvalue weighted by molar-refractivity contribution is 9.10. The van der Waals surface area contributed by atoms with Crippen molar-refractivity contribution in [3.05, 3.63) is 28.2 Å². The van der Waals surface area contributed by atoms with E-state index in [1.807, 2.05) is 25.1 Å². The highest BCUT2D eigenvalue weighted by Gasteiger charge is 2.08. The molecular weight excluding hydrogens is 286 g/mol. The van der Waals surface area contributed by atoms with Gasteiger partial charge in [-0.3, -0.25) is 0 Å². The molecule has 17 heavy (non-hydrogen) atoms. The van der Waals surface area contributed by atoms with E-state index in [2.05, 4.69) is 15.9 Å². The molecule has 1 atom stereocenters. The van der Waals surface area contributed by atoms with Gasteiger partial charge in [0.15, 0.2) is 0 Å². The highest BCUT2D eigenvalue weighted by Crippen LogP contribution is 2.22. The number of aliphatic hydroxyl groups excluding tert-OH is 1. The van der Waals surface area contributed by atoms with E-state index < -0.39 is 6.10 Å². The molecule has 0 aliphatic carbocycles. The standard InChI is InChI=1S/C12H18BrNO3/c1-2-16-7-11(15)8-17-12-4-3-10(13)5-9(12)6-14/h3-5,11,15H,2,6-8,14H2,1H3. The van der Waals surface area contributed by atoms with Crippen LogP contribution in [0.3, 0.4) is 0 Å². The largest absolute Gasteiger partial charge is 0.490 e. The monoisotopic (exact) mass is 303 g/mol. The quantitative estimate of drug-likeness (QED) is 0.804. The third-order valence-electron chi connectivity index (χ3n) is 2.19. The molecule has 0 amide bonds. The van der Waals surface area contributed by atoms with Gasteiger partial charge in [0.25, 0.3) is 0 Å². The molecule has 4 nitrogen and oxygen atoms in total. The highest BCUT2D eigenvalue weighted by atomic mass is 79.9. The Bertz CT molecular complexity index is 347. The van der Waals surface area contributed by atoms with Crippen LogP contribution in [0.15, 0.2) is 22.7 Å². The van der Waals surface area contributed by atoms with E-state index in [-0.39, 0.29) is 13.2 Å². The molecule has 5 heteroatoms. The third-order valence-corrected chi connectivity index (χ3v) is 2.68. The van der Waals surface area contributed by atoms with Crippen molar-refractivity contribution in [1.29, 1.82) is 0 Å². The number of halogens is 1. The van der Waals surface area contributed by atoms with Crippen molar-refractivity contribution < 1.29 is 14.6 Å². The van der Waals surface area contributed by atoms with Gasteiger partial charge in [-0.25, -0.2) is 0 Å². The molecule has 96 valence electrons. The van der Waals surface area contributed by atoms with Crippen LogP contribution in [0.1, 0.15) is 12.5 Å². The second-order valence-corrected chi connectivity index (χ2v) is 4.50. The molecule has 0 aliphatic heterocycles. The Balaban J connectivity index is 2.50. The molecule has 0 bridgehead atoms. The van der Waals surface area contributed by atoms with Crippen LogP contribution in [0.5, 0.6) is 5.75 Å². The number of rotatable bonds is 7. The van der Waals surface area contributed by atoms with Crippen molar-refractivity contribution in [3.8, 4) is 5.75 Å². The molecule has 0 radical (unpaired) electrons. The molecule has 0 fully saturated rings. The van der Waals surface area contributed by atoms with Crippen LogP contribution < -0.4 is 10.5 Å². The zero-order valence-electron chi connectivity index (χ0n) is 9.86. The van der Waals surface area contributed by atoms with Gasteiger partial charge in [-0.1, -0.05) is 15.9 Å². The summed E-state index contributed by atoms with van der Waals surface area (Å²) >= 11 is 3.37. The third kappa shape index (κ3) is 5.04. The maximum Gasteiger partial charge on any atom is 0.123 e. The van der Waals surface area contributed by atoms with E-state index in [4.69, 9.17) is 15.2 Å². The van der Waals surface area contributed by atoms with Gasteiger partial charge < -0.3 is 20.3 Å². The van der Waals surface area contributed by atoms with Gasteiger partial charge >= 0.3 is 0 Å². The number of nitrogens with two attached hydrogens (primary N) is 1. The SMILES string of the molecule is CCOCC(O)COc1ccc(Br)cc1CN. The van der Waals surface area contributed by atoms with Crippen LogP contribution >= 0.6 is 15.9 Å². The van der Waals surface area contributed by atoms with Gasteiger partial charge in [-0.15, -0.1) is 0 Å². The Labute approximate surface area is 110 Å². The van der Waals surface area contributed by atoms with Gasteiger partial charge in [0.2, 0.25) is 0 Å². The molecule has 1 aromatic carbocycles. The fourth-order valence-corrected chi connectivity index (χ4v) is 1.74. The van der Waals surface area contributed by atoms with Gasteiger partial charge in [0.1, 0.15) is 18.5 Å². The lowest BCUT2D eigenvalue weighted by Gasteiger charge is -2.14. The molecule has 0 saturated carbocycles. The molecule has 0 aromatic heterocycles. The summed E-state index contributed by atoms with van der Waals surface area (Å²) in [5.74, 6) is 0.700. The van der Waals surface area contributed by atoms with Crippen molar-refractivity contribution in [2.75, 3.05) is 19.8 Å². The average Bonchev–Trinajstić information content (AvgIpc) is 2.34. The first-order valence-electron chi connectivity index (χ1n) is 5.54. The second-order valence-electron chi connectivity index (χ2n) is 3.58. The minimum atomic E-state index is -0.621. The predicted octanol–water partition coefficient (Wildman–Crippen LogP) is 1.68. The average molecular weight is 304 g/mol. The number of benzene rings is 1. The summed E-state index contributed by atoms with van der Waals surface area (Å²) in [4.78, 5) is 0. The molecule has 1 aromatic rings. The normalized spacial score (nSPS) is 12.5. The molecular formula is C12H18BrNO3. The van der Waals surface area contributed by atoms with E-state index in [1.165, 1.54) is 0 Å². The van der Waals surface area contributed by atoms with Gasteiger partial charge in [0.05, 0.1) is 6.61 Å². The van der Waals surface area contributed by atoms with Crippen LogP contribution in [-0.2, 0) is 11.3 Å². The lowest BCUT2D eigenvalue weighted by molar-refractivity contribution is 0.0162. The molecule has 0 aliphatic rings. The van der Waals surface area contributed by atoms with Crippen LogP contribution in [0.4, 0.5) is 0 Å². The Morgan fingerprint density at radius 3 is 2.82 bits per heavy atom. The van der Waals surface area contributed by atoms with Gasteiger partial charge in [-0.05, 0) is 25.1 Å². The predicted molar refractivity (Wildman–Crippen MR) is 70.0 cm³/mol. The fourth-order valence-electron chi connectivity index (χ4n) is 1.34. The Hall–Kier alpha value is -0.620. The Morgan fingerprint density at radius 2 is 2.18 bits per heavy atom. The van der Waals surface area contributed by atoms with Gasteiger partial charge in [0, 0.05) is 23.2 Å². The summed E-state index contributed by atoms with van der Waals surface area (Å²) in [5.41, 5.74) is 6.52. The zero-order chi connectivity index (χ0) is 12.7. The first-order chi connectivity index (χ1) is 8.17. The fraction of sp³-hybridized carbons (Fsp3) is 0.500. The summed E-state index contributed by atoms with van der Waals surface area (Å²) in [6.07, 6.45) is -0.621. The maximum absolute atomic E-state index is 9.57. The zero-order valence-corrected chi connectivity index (χ0v) is 11.4. The topological polar surface area (TPSA) is 64.7 Å². The van der Waals surface area contributed by atoms with E-state index in [0.717, 1.165) is 10.0 Å². The number of hydrogen-bond acceptors (Lipinski definition) is 4. The summed E-state index contributed by atoms with van der Waals surface area (Å²) in [5, 5.41) is 9.57. The summed E-state index contributed by atoms with van der Waals surface area (Å²) in [6.45, 7) is 3.36. The lowest BCUT2D eigenvalue weighted by Crippen LogP contribution is -2.23. The van der Waals surface area contributed by atoms with Crippen molar-refractivity contribution in [3.63, 3.8) is 0 Å². The minimum absolute atomic E-state index is 0.203. The van der Waals surface area contributed by atoms with E-state index in [1.54, 1.807) is 0 Å². The molecule has 1 unspecified atom stereocenters. The van der Waals surface area contributed by atoms with E-state index >= 15 is 0 Å². The number of hydrogen-bond donors (Lipinski definition) is 2. The number of aliphatic hydroxyl groups is 1. The van der Waals surface area contributed by atoms with Crippen molar-refractivity contribution in [1.82, 2.24) is 0 Å². The molecule has 1 rings (SSSR count). The van der Waals surface area contributed by atoms with Crippen LogP contribution in [0, 0.1) is 0 Å². The first-order valence-corrected chi connectivity index (χ1v) is 6.33. The molecule has 0 heterocycles. The second kappa shape index (κ2) is 7.66. The van der Waals surface area contributed by atoms with E-state index in [0.29, 0.717) is 18.9 Å². The summed E-state index contributed by atoms with van der Waals surface area (Å²) in [6, 6.07) is 5.62. The Morgan fingerprint density at radius 1 is 1.41 bits per heavy atom. The van der Waals surface area contributed by atoms with Crippen LogP contribution in [0.25, 0.3) is 0 Å². The van der Waals surface area contributed by atoms with Crippen LogP contribution in [-0.4, -0.2) is 31.0 Å². The maximum atomic E-state index is 9.57. The first kappa shape index (κ1) is 14.4. The molecule has 0 spiro atoms. The molecule has 0 saturated heterocycles. The Kier molecular flexibility index (Phi) is 6.50.